The predicted molar refractivity (Wildman–Crippen MR) is 123 cm³/mol. The summed E-state index contributed by atoms with van der Waals surface area (Å²) in [7, 11) is 1.54. The van der Waals surface area contributed by atoms with Crippen LogP contribution in [0.15, 0.2) is 36.5 Å². The number of hydrogen-bond donors (Lipinski definition) is 2. The van der Waals surface area contributed by atoms with Gasteiger partial charge in [0.05, 0.1) is 37.0 Å². The third kappa shape index (κ3) is 4.12. The number of pyridine rings is 1. The van der Waals surface area contributed by atoms with Crippen LogP contribution >= 0.6 is 11.6 Å². The lowest BCUT2D eigenvalue weighted by molar-refractivity contribution is -0.154. The number of amides is 1. The number of aliphatic hydroxyl groups excluding tert-OH is 1. The molecule has 1 amide bonds. The van der Waals surface area contributed by atoms with Gasteiger partial charge >= 0.3 is 0 Å². The monoisotopic (exact) mass is 471 g/mol. The Labute approximate surface area is 196 Å². The molecule has 1 atom stereocenters. The van der Waals surface area contributed by atoms with E-state index >= 15 is 0 Å². The Balaban J connectivity index is 1.42. The molecular weight excluding hydrogens is 446 g/mol. The minimum absolute atomic E-state index is 0.0726. The molecule has 2 aromatic heterocycles. The van der Waals surface area contributed by atoms with Crippen LogP contribution in [0.1, 0.15) is 35.7 Å². The van der Waals surface area contributed by atoms with Crippen LogP contribution in [-0.4, -0.2) is 68.5 Å². The highest BCUT2D eigenvalue weighted by Crippen LogP contribution is 2.42. The average molecular weight is 472 g/mol. The van der Waals surface area contributed by atoms with Crippen LogP contribution in [0.4, 0.5) is 5.95 Å². The number of aliphatic hydroxyl groups is 1. The minimum Gasteiger partial charge on any atom is -0.493 e. The molecule has 174 valence electrons. The number of halogens is 1. The van der Waals surface area contributed by atoms with Gasteiger partial charge in [-0.3, -0.25) is 4.79 Å². The SMILES string of the molecule is COc1cc(C(=O)N2CC(C)OCC23CC(O)C3)cn2nc(NCc3cccc(Cl)c3)nc12. The van der Waals surface area contributed by atoms with Crippen molar-refractivity contribution in [2.45, 2.75) is 44.1 Å². The number of benzene rings is 1. The first-order valence-electron chi connectivity index (χ1n) is 10.9. The zero-order chi connectivity index (χ0) is 23.2. The van der Waals surface area contributed by atoms with Gasteiger partial charge in [-0.15, -0.1) is 5.10 Å². The Morgan fingerprint density at radius 2 is 2.21 bits per heavy atom. The zero-order valence-corrected chi connectivity index (χ0v) is 19.2. The number of ether oxygens (including phenoxy) is 2. The van der Waals surface area contributed by atoms with E-state index < -0.39 is 11.6 Å². The molecule has 33 heavy (non-hydrogen) atoms. The molecular formula is C23H26ClN5O4. The van der Waals surface area contributed by atoms with Crippen molar-refractivity contribution in [1.29, 1.82) is 0 Å². The Bertz CT molecular complexity index is 1190. The van der Waals surface area contributed by atoms with E-state index in [4.69, 9.17) is 21.1 Å². The van der Waals surface area contributed by atoms with E-state index in [0.717, 1.165) is 5.56 Å². The van der Waals surface area contributed by atoms with Crippen LogP contribution in [0.2, 0.25) is 5.02 Å². The van der Waals surface area contributed by atoms with Gasteiger partial charge in [-0.05, 0) is 43.5 Å². The maximum Gasteiger partial charge on any atom is 0.256 e. The molecule has 2 N–H and O–H groups in total. The van der Waals surface area contributed by atoms with E-state index in [0.29, 0.717) is 60.5 Å². The summed E-state index contributed by atoms with van der Waals surface area (Å²) >= 11 is 6.06. The number of carbonyl (C=O) groups excluding carboxylic acids is 1. The van der Waals surface area contributed by atoms with Crippen LogP contribution in [0, 0.1) is 0 Å². The van der Waals surface area contributed by atoms with Gasteiger partial charge in [-0.25, -0.2) is 4.52 Å². The maximum absolute atomic E-state index is 13.6. The number of nitrogens with zero attached hydrogens (tertiary/aromatic N) is 4. The fourth-order valence-electron chi connectivity index (χ4n) is 4.61. The Morgan fingerprint density at radius 3 is 2.94 bits per heavy atom. The fourth-order valence-corrected chi connectivity index (χ4v) is 4.83. The largest absolute Gasteiger partial charge is 0.493 e. The number of rotatable bonds is 5. The topological polar surface area (TPSA) is 101 Å². The first kappa shape index (κ1) is 21.9. The second-order valence-electron chi connectivity index (χ2n) is 8.81. The standard InChI is InChI=1S/C23H26ClN5O4/c1-14-11-28(23(13-33-14)8-18(30)9-23)21(31)16-7-19(32-2)20-26-22(27-29(20)12-16)25-10-15-4-3-5-17(24)6-15/h3-7,12,14,18,30H,8-11,13H2,1-2H3,(H,25,27). The lowest BCUT2D eigenvalue weighted by Crippen LogP contribution is -2.68. The van der Waals surface area contributed by atoms with Crippen LogP contribution in [0.25, 0.3) is 5.65 Å². The number of morpholine rings is 1. The predicted octanol–water partition coefficient (Wildman–Crippen LogP) is 2.76. The Kier molecular flexibility index (Phi) is 5.64. The van der Waals surface area contributed by atoms with E-state index in [-0.39, 0.29) is 12.0 Å². The second-order valence-corrected chi connectivity index (χ2v) is 9.24. The second kappa shape index (κ2) is 8.48. The lowest BCUT2D eigenvalue weighted by atomic mass is 9.72. The van der Waals surface area contributed by atoms with Gasteiger partial charge in [0, 0.05) is 24.3 Å². The quantitative estimate of drug-likeness (QED) is 0.590. The average Bonchev–Trinajstić information content (AvgIpc) is 3.20. The van der Waals surface area contributed by atoms with E-state index in [1.54, 1.807) is 16.8 Å². The Hall–Kier alpha value is -2.88. The molecule has 1 aromatic carbocycles. The third-order valence-corrected chi connectivity index (χ3v) is 6.57. The van der Waals surface area contributed by atoms with Crippen molar-refractivity contribution in [1.82, 2.24) is 19.5 Å². The van der Waals surface area contributed by atoms with E-state index in [1.807, 2.05) is 36.1 Å². The number of hydrogen-bond acceptors (Lipinski definition) is 7. The highest BCUT2D eigenvalue weighted by molar-refractivity contribution is 6.30. The van der Waals surface area contributed by atoms with E-state index in [2.05, 4.69) is 15.4 Å². The van der Waals surface area contributed by atoms with Crippen molar-refractivity contribution in [3.05, 3.63) is 52.7 Å². The van der Waals surface area contributed by atoms with E-state index in [9.17, 15) is 9.90 Å². The summed E-state index contributed by atoms with van der Waals surface area (Å²) in [6, 6.07) is 9.23. The Morgan fingerprint density at radius 1 is 1.39 bits per heavy atom. The minimum atomic E-state index is -0.461. The van der Waals surface area contributed by atoms with Gasteiger partial charge in [0.1, 0.15) is 0 Å². The van der Waals surface area contributed by atoms with Crippen molar-refractivity contribution in [3.63, 3.8) is 0 Å². The first-order chi connectivity index (χ1) is 15.9. The van der Waals surface area contributed by atoms with Crippen LogP contribution in [0.5, 0.6) is 5.75 Å². The van der Waals surface area contributed by atoms with Gasteiger partial charge in [0.2, 0.25) is 5.95 Å². The zero-order valence-electron chi connectivity index (χ0n) is 18.5. The molecule has 5 rings (SSSR count). The molecule has 0 bridgehead atoms. The summed E-state index contributed by atoms with van der Waals surface area (Å²) in [5.41, 5.74) is 1.49. The highest BCUT2D eigenvalue weighted by Gasteiger charge is 2.53. The molecule has 1 unspecified atom stereocenters. The molecule has 1 aliphatic carbocycles. The molecule has 1 saturated heterocycles. The highest BCUT2D eigenvalue weighted by atomic mass is 35.5. The summed E-state index contributed by atoms with van der Waals surface area (Å²) in [4.78, 5) is 19.9. The first-order valence-corrected chi connectivity index (χ1v) is 11.3. The van der Waals surface area contributed by atoms with Crippen LogP contribution in [0.3, 0.4) is 0 Å². The number of nitrogens with one attached hydrogen (secondary N) is 1. The summed E-state index contributed by atoms with van der Waals surface area (Å²) < 4.78 is 12.9. The van der Waals surface area contributed by atoms with Crippen molar-refractivity contribution < 1.29 is 19.4 Å². The number of methoxy groups -OCH3 is 1. The van der Waals surface area contributed by atoms with E-state index in [1.165, 1.54) is 7.11 Å². The smallest absolute Gasteiger partial charge is 0.256 e. The van der Waals surface area contributed by atoms with Gasteiger partial charge < -0.3 is 24.8 Å². The molecule has 2 fully saturated rings. The molecule has 9 nitrogen and oxygen atoms in total. The summed E-state index contributed by atoms with van der Waals surface area (Å²) in [6.45, 7) is 3.34. The van der Waals surface area contributed by atoms with Gasteiger partial charge in [0.25, 0.3) is 5.91 Å². The molecule has 1 saturated carbocycles. The molecule has 2 aliphatic rings. The molecule has 10 heteroatoms. The van der Waals surface area contributed by atoms with Crippen molar-refractivity contribution >= 4 is 29.1 Å². The van der Waals surface area contributed by atoms with Gasteiger partial charge in [0.15, 0.2) is 11.4 Å². The summed E-state index contributed by atoms with van der Waals surface area (Å²) in [5, 5.41) is 18.3. The summed E-state index contributed by atoms with van der Waals surface area (Å²) in [5.74, 6) is 0.728. The number of carbonyl (C=O) groups is 1. The molecule has 3 aromatic rings. The van der Waals surface area contributed by atoms with Crippen LogP contribution < -0.4 is 10.1 Å². The molecule has 1 spiro atoms. The molecule has 0 radical (unpaired) electrons. The fraction of sp³-hybridized carbons (Fsp3) is 0.435. The molecule has 1 aliphatic heterocycles. The lowest BCUT2D eigenvalue weighted by Gasteiger charge is -2.55. The third-order valence-electron chi connectivity index (χ3n) is 6.33. The summed E-state index contributed by atoms with van der Waals surface area (Å²) in [6.07, 6.45) is 2.23. The van der Waals surface area contributed by atoms with Crippen LogP contribution in [-0.2, 0) is 11.3 Å². The maximum atomic E-state index is 13.6. The van der Waals surface area contributed by atoms with Crippen molar-refractivity contribution in [3.8, 4) is 5.75 Å². The molecule has 3 heterocycles. The normalized spacial score (nSPS) is 24.7. The number of anilines is 1. The number of fused-ring (bicyclic) bond motifs is 1. The van der Waals surface area contributed by atoms with Gasteiger partial charge in [-0.2, -0.15) is 4.98 Å². The van der Waals surface area contributed by atoms with Gasteiger partial charge in [-0.1, -0.05) is 23.7 Å². The van der Waals surface area contributed by atoms with Crippen molar-refractivity contribution in [2.24, 2.45) is 0 Å². The van der Waals surface area contributed by atoms with Crippen molar-refractivity contribution in [2.75, 3.05) is 25.6 Å². The number of aromatic nitrogens is 3.